The fourth-order valence-corrected chi connectivity index (χ4v) is 3.85. The first-order valence-electron chi connectivity index (χ1n) is 6.79. The minimum atomic E-state index is -0.362. The molecule has 3 nitrogen and oxygen atoms in total. The van der Waals surface area contributed by atoms with Crippen LogP contribution in [0.2, 0.25) is 0 Å². The quantitative estimate of drug-likeness (QED) is 0.802. The van der Waals surface area contributed by atoms with Crippen LogP contribution in [0, 0.1) is 5.82 Å². The third-order valence-electron chi connectivity index (χ3n) is 3.82. The Labute approximate surface area is 125 Å². The first kappa shape index (κ1) is 12.6. The Balaban J connectivity index is 1.95. The molecule has 1 amide bonds. The van der Waals surface area contributed by atoms with Crippen LogP contribution in [0.3, 0.4) is 0 Å². The van der Waals surface area contributed by atoms with Crippen molar-refractivity contribution >= 4 is 34.3 Å². The van der Waals surface area contributed by atoms with Crippen LogP contribution in [0.25, 0.3) is 11.3 Å². The van der Waals surface area contributed by atoms with Crippen molar-refractivity contribution in [1.29, 1.82) is 0 Å². The van der Waals surface area contributed by atoms with Crippen LogP contribution >= 0.6 is 11.3 Å². The zero-order chi connectivity index (χ0) is 14.6. The number of anilines is 1. The Kier molecular flexibility index (Phi) is 2.65. The Morgan fingerprint density at radius 2 is 2.19 bits per heavy atom. The molecule has 2 aliphatic heterocycles. The van der Waals surface area contributed by atoms with Crippen LogP contribution in [-0.2, 0) is 9.53 Å². The zero-order valence-corrected chi connectivity index (χ0v) is 12.1. The summed E-state index contributed by atoms with van der Waals surface area (Å²) in [6.07, 6.45) is 0.815. The molecule has 4 rings (SSSR count). The van der Waals surface area contributed by atoms with E-state index in [1.807, 2.05) is 18.4 Å². The molecule has 0 bridgehead atoms. The maximum absolute atomic E-state index is 13.5. The highest BCUT2D eigenvalue weighted by Gasteiger charge is 2.36. The highest BCUT2D eigenvalue weighted by atomic mass is 32.1. The summed E-state index contributed by atoms with van der Waals surface area (Å²) in [5, 5.41) is 4.76. The number of halogens is 1. The van der Waals surface area contributed by atoms with Crippen molar-refractivity contribution in [3.05, 3.63) is 51.5 Å². The topological polar surface area (TPSA) is 38.3 Å². The molecular weight excluding hydrogens is 289 g/mol. The highest BCUT2D eigenvalue weighted by molar-refractivity contribution is 7.10. The van der Waals surface area contributed by atoms with Gasteiger partial charge in [-0.05, 0) is 36.1 Å². The van der Waals surface area contributed by atoms with E-state index in [9.17, 15) is 9.18 Å². The van der Waals surface area contributed by atoms with Gasteiger partial charge in [0.2, 0.25) is 0 Å². The summed E-state index contributed by atoms with van der Waals surface area (Å²) in [6.45, 7) is 2.05. The molecule has 0 aliphatic carbocycles. The number of carbonyl (C=O) groups excluding carboxylic acids is 1. The zero-order valence-electron chi connectivity index (χ0n) is 11.3. The van der Waals surface area contributed by atoms with Crippen LogP contribution in [-0.4, -0.2) is 5.91 Å². The van der Waals surface area contributed by atoms with E-state index in [4.69, 9.17) is 4.74 Å². The number of benzene rings is 1. The van der Waals surface area contributed by atoms with Crippen molar-refractivity contribution in [3.63, 3.8) is 0 Å². The van der Waals surface area contributed by atoms with Crippen LogP contribution in [0.4, 0.5) is 10.1 Å². The van der Waals surface area contributed by atoms with Gasteiger partial charge < -0.3 is 10.1 Å². The minimum absolute atomic E-state index is 0.0205. The van der Waals surface area contributed by atoms with Crippen molar-refractivity contribution in [2.24, 2.45) is 0 Å². The van der Waals surface area contributed by atoms with Crippen molar-refractivity contribution < 1.29 is 13.9 Å². The first-order valence-corrected chi connectivity index (χ1v) is 7.67. The summed E-state index contributed by atoms with van der Waals surface area (Å²) >= 11 is 1.63. The molecule has 2 aromatic rings. The lowest BCUT2D eigenvalue weighted by molar-refractivity contribution is -0.110. The van der Waals surface area contributed by atoms with Crippen LogP contribution in [0.15, 0.2) is 29.6 Å². The number of hydrogen-bond donors (Lipinski definition) is 1. The molecular formula is C16H12FNO2S. The molecule has 2 aliphatic rings. The molecule has 0 radical (unpaired) electrons. The average molecular weight is 301 g/mol. The maximum Gasteiger partial charge on any atom is 0.260 e. The predicted octanol–water partition coefficient (Wildman–Crippen LogP) is 4.19. The Morgan fingerprint density at radius 3 is 3.00 bits per heavy atom. The summed E-state index contributed by atoms with van der Waals surface area (Å²) in [4.78, 5) is 13.4. The van der Waals surface area contributed by atoms with E-state index >= 15 is 0 Å². The lowest BCUT2D eigenvalue weighted by Gasteiger charge is -2.10. The normalized spacial score (nSPS) is 22.8. The Bertz CT molecular complexity index is 793. The van der Waals surface area contributed by atoms with Crippen molar-refractivity contribution in [2.45, 2.75) is 19.4 Å². The highest BCUT2D eigenvalue weighted by Crippen LogP contribution is 2.48. The fourth-order valence-electron chi connectivity index (χ4n) is 2.84. The van der Waals surface area contributed by atoms with E-state index in [2.05, 4.69) is 5.32 Å². The van der Waals surface area contributed by atoms with Gasteiger partial charge in [0.05, 0.1) is 10.5 Å². The van der Waals surface area contributed by atoms with E-state index < -0.39 is 0 Å². The molecule has 1 aromatic carbocycles. The Hall–Kier alpha value is -2.14. The number of fused-ring (bicyclic) bond motifs is 2. The van der Waals surface area contributed by atoms with Gasteiger partial charge in [-0.3, -0.25) is 4.79 Å². The van der Waals surface area contributed by atoms with Gasteiger partial charge in [-0.1, -0.05) is 6.92 Å². The summed E-state index contributed by atoms with van der Waals surface area (Å²) in [6, 6.07) is 6.26. The lowest BCUT2D eigenvalue weighted by atomic mass is 10.0. The molecule has 106 valence electrons. The van der Waals surface area contributed by atoms with Gasteiger partial charge in [0.1, 0.15) is 17.7 Å². The number of thiophene rings is 1. The van der Waals surface area contributed by atoms with Gasteiger partial charge in [0.15, 0.2) is 0 Å². The molecule has 0 saturated carbocycles. The third-order valence-corrected chi connectivity index (χ3v) is 4.83. The van der Waals surface area contributed by atoms with Gasteiger partial charge in [-0.15, -0.1) is 11.3 Å². The summed E-state index contributed by atoms with van der Waals surface area (Å²) in [5.74, 6) is -0.0293. The SMILES string of the molecule is CCC1O/C(=C2/C(=O)Nc3ccc(F)cc32)c2ccsc21. The second-order valence-electron chi connectivity index (χ2n) is 5.06. The predicted molar refractivity (Wildman–Crippen MR) is 80.3 cm³/mol. The van der Waals surface area contributed by atoms with E-state index in [1.165, 1.54) is 12.1 Å². The molecule has 3 heterocycles. The number of ether oxygens (including phenoxy) is 1. The van der Waals surface area contributed by atoms with E-state index in [0.717, 1.165) is 16.9 Å². The van der Waals surface area contributed by atoms with Crippen LogP contribution in [0.5, 0.6) is 0 Å². The minimum Gasteiger partial charge on any atom is -0.483 e. The smallest absolute Gasteiger partial charge is 0.260 e. The molecule has 0 spiro atoms. The second-order valence-corrected chi connectivity index (χ2v) is 6.01. The van der Waals surface area contributed by atoms with Gasteiger partial charge in [-0.25, -0.2) is 4.39 Å². The number of amides is 1. The first-order chi connectivity index (χ1) is 10.2. The fraction of sp³-hybridized carbons (Fsp3) is 0.188. The third kappa shape index (κ3) is 1.74. The largest absolute Gasteiger partial charge is 0.483 e. The van der Waals surface area contributed by atoms with Crippen LogP contribution < -0.4 is 5.32 Å². The summed E-state index contributed by atoms with van der Waals surface area (Å²) in [7, 11) is 0. The molecule has 0 saturated heterocycles. The van der Waals surface area contributed by atoms with Crippen molar-refractivity contribution in [1.82, 2.24) is 0 Å². The molecule has 1 N–H and O–H groups in total. The van der Waals surface area contributed by atoms with Crippen LogP contribution in [0.1, 0.15) is 35.5 Å². The molecule has 5 heteroatoms. The monoisotopic (exact) mass is 301 g/mol. The van der Waals surface area contributed by atoms with Gasteiger partial charge in [-0.2, -0.15) is 0 Å². The second kappa shape index (κ2) is 4.43. The summed E-state index contributed by atoms with van der Waals surface area (Å²) in [5.41, 5.74) is 2.59. The summed E-state index contributed by atoms with van der Waals surface area (Å²) < 4.78 is 19.5. The van der Waals surface area contributed by atoms with Crippen molar-refractivity contribution in [3.8, 4) is 0 Å². The lowest BCUT2D eigenvalue weighted by Crippen LogP contribution is -2.05. The van der Waals surface area contributed by atoms with Crippen molar-refractivity contribution in [2.75, 3.05) is 5.32 Å². The molecule has 1 aromatic heterocycles. The number of hydrogen-bond acceptors (Lipinski definition) is 3. The standard InChI is InChI=1S/C16H12FNO2S/c1-2-12-15-9(5-6-21-15)14(20-12)13-10-7-8(17)3-4-11(10)18-16(13)19/h3-7,12H,2H2,1H3,(H,18,19)/b14-13+. The maximum atomic E-state index is 13.5. The number of rotatable bonds is 1. The average Bonchev–Trinajstić information content (AvgIpc) is 3.12. The molecule has 0 fully saturated rings. The van der Waals surface area contributed by atoms with E-state index in [-0.39, 0.29) is 17.8 Å². The van der Waals surface area contributed by atoms with E-state index in [0.29, 0.717) is 22.6 Å². The molecule has 21 heavy (non-hydrogen) atoms. The number of carbonyl (C=O) groups is 1. The molecule has 1 unspecified atom stereocenters. The van der Waals surface area contributed by atoms with Gasteiger partial charge in [0, 0.05) is 16.8 Å². The van der Waals surface area contributed by atoms with E-state index in [1.54, 1.807) is 17.4 Å². The molecule has 1 atom stereocenters. The van der Waals surface area contributed by atoms with Gasteiger partial charge in [0.25, 0.3) is 5.91 Å². The van der Waals surface area contributed by atoms with Gasteiger partial charge >= 0.3 is 0 Å². The number of nitrogens with one attached hydrogen (secondary N) is 1. The Morgan fingerprint density at radius 1 is 1.33 bits per heavy atom.